The number of fused-ring (bicyclic) bond motifs is 1. The molecular weight excluding hydrogens is 228 g/mol. The number of aryl methyl sites for hydroxylation is 1. The van der Waals surface area contributed by atoms with Crippen molar-refractivity contribution >= 4 is 11.6 Å². The molecule has 0 radical (unpaired) electrons. The van der Waals surface area contributed by atoms with Crippen molar-refractivity contribution < 1.29 is 4.79 Å². The van der Waals surface area contributed by atoms with Crippen LogP contribution in [0.1, 0.15) is 17.1 Å². The lowest BCUT2D eigenvalue weighted by Gasteiger charge is -2.02. The summed E-state index contributed by atoms with van der Waals surface area (Å²) in [5.74, 6) is 0.820. The molecule has 5 heteroatoms. The quantitative estimate of drug-likeness (QED) is 0.743. The van der Waals surface area contributed by atoms with Gasteiger partial charge in [0.15, 0.2) is 0 Å². The predicted molar refractivity (Wildman–Crippen MR) is 69.0 cm³/mol. The Bertz CT molecular complexity index is 630. The van der Waals surface area contributed by atoms with Gasteiger partial charge in [-0.3, -0.25) is 4.79 Å². The van der Waals surface area contributed by atoms with E-state index in [0.29, 0.717) is 13.0 Å². The van der Waals surface area contributed by atoms with Crippen LogP contribution in [0, 0.1) is 6.92 Å². The van der Waals surface area contributed by atoms with E-state index in [9.17, 15) is 4.79 Å². The molecule has 0 bridgehead atoms. The number of nitrogens with zero attached hydrogens (tertiary/aromatic N) is 1. The molecule has 0 unspecified atom stereocenters. The van der Waals surface area contributed by atoms with Crippen LogP contribution in [-0.2, 0) is 17.8 Å². The Morgan fingerprint density at radius 3 is 3.00 bits per heavy atom. The standard InChI is InChI=1S/C13H14N4O/c1-7-13(17-11(6-14)15-7)8-2-3-10-9(4-8)5-12(18)16-10/h2-4H,5-6,14H2,1H3,(H,15,17)(H,16,18). The summed E-state index contributed by atoms with van der Waals surface area (Å²) in [5.41, 5.74) is 10.4. The second-order valence-electron chi connectivity index (χ2n) is 4.46. The number of rotatable bonds is 2. The first-order chi connectivity index (χ1) is 8.67. The van der Waals surface area contributed by atoms with E-state index in [1.54, 1.807) is 0 Å². The molecule has 18 heavy (non-hydrogen) atoms. The van der Waals surface area contributed by atoms with Gasteiger partial charge in [-0.1, -0.05) is 6.07 Å². The van der Waals surface area contributed by atoms with Crippen LogP contribution in [0.25, 0.3) is 11.3 Å². The van der Waals surface area contributed by atoms with Crippen LogP contribution in [0.3, 0.4) is 0 Å². The van der Waals surface area contributed by atoms with E-state index in [0.717, 1.165) is 34.0 Å². The number of imidazole rings is 1. The number of anilines is 1. The number of amides is 1. The van der Waals surface area contributed by atoms with E-state index in [-0.39, 0.29) is 5.91 Å². The number of hydrogen-bond donors (Lipinski definition) is 3. The zero-order valence-corrected chi connectivity index (χ0v) is 10.1. The molecule has 0 aliphatic carbocycles. The zero-order chi connectivity index (χ0) is 12.7. The fourth-order valence-corrected chi connectivity index (χ4v) is 2.28. The summed E-state index contributed by atoms with van der Waals surface area (Å²) < 4.78 is 0. The van der Waals surface area contributed by atoms with Crippen molar-refractivity contribution in [2.45, 2.75) is 19.9 Å². The average molecular weight is 242 g/mol. The molecule has 0 saturated heterocycles. The molecule has 2 heterocycles. The number of carbonyl (C=O) groups excluding carboxylic acids is 1. The summed E-state index contributed by atoms with van der Waals surface area (Å²) in [5, 5.41) is 2.82. The van der Waals surface area contributed by atoms with E-state index in [4.69, 9.17) is 5.73 Å². The molecule has 5 nitrogen and oxygen atoms in total. The van der Waals surface area contributed by atoms with Gasteiger partial charge in [-0.25, -0.2) is 4.98 Å². The monoisotopic (exact) mass is 242 g/mol. The van der Waals surface area contributed by atoms with Crippen molar-refractivity contribution in [3.05, 3.63) is 35.3 Å². The first kappa shape index (κ1) is 11.0. The van der Waals surface area contributed by atoms with Gasteiger partial charge >= 0.3 is 0 Å². The number of aromatic nitrogens is 2. The first-order valence-corrected chi connectivity index (χ1v) is 5.86. The van der Waals surface area contributed by atoms with Gasteiger partial charge in [0.25, 0.3) is 0 Å². The fourth-order valence-electron chi connectivity index (χ4n) is 2.28. The Hall–Kier alpha value is -2.14. The highest BCUT2D eigenvalue weighted by Crippen LogP contribution is 2.29. The fraction of sp³-hybridized carbons (Fsp3) is 0.231. The summed E-state index contributed by atoms with van der Waals surface area (Å²) in [4.78, 5) is 18.9. The molecule has 0 spiro atoms. The van der Waals surface area contributed by atoms with Gasteiger partial charge in [0.05, 0.1) is 18.7 Å². The Labute approximate surface area is 104 Å². The maximum absolute atomic E-state index is 11.3. The van der Waals surface area contributed by atoms with E-state index in [1.807, 2.05) is 25.1 Å². The second kappa shape index (κ2) is 3.96. The van der Waals surface area contributed by atoms with Crippen molar-refractivity contribution in [1.82, 2.24) is 9.97 Å². The van der Waals surface area contributed by atoms with Crippen LogP contribution < -0.4 is 11.1 Å². The number of benzene rings is 1. The lowest BCUT2D eigenvalue weighted by molar-refractivity contribution is -0.115. The minimum atomic E-state index is 0.0450. The van der Waals surface area contributed by atoms with E-state index in [1.165, 1.54) is 0 Å². The highest BCUT2D eigenvalue weighted by Gasteiger charge is 2.18. The number of nitrogens with one attached hydrogen (secondary N) is 2. The molecule has 0 saturated carbocycles. The first-order valence-electron chi connectivity index (χ1n) is 5.86. The molecular formula is C13H14N4O. The summed E-state index contributed by atoms with van der Waals surface area (Å²) in [6, 6.07) is 5.90. The molecule has 0 atom stereocenters. The van der Waals surface area contributed by atoms with Crippen LogP contribution in [0.15, 0.2) is 18.2 Å². The summed E-state index contributed by atoms with van der Waals surface area (Å²) >= 11 is 0. The SMILES string of the molecule is Cc1[nH]c(CN)nc1-c1ccc2c(c1)CC(=O)N2. The van der Waals surface area contributed by atoms with Gasteiger partial charge < -0.3 is 16.0 Å². The number of H-pyrrole nitrogens is 1. The third-order valence-electron chi connectivity index (χ3n) is 3.13. The van der Waals surface area contributed by atoms with E-state index in [2.05, 4.69) is 15.3 Å². The summed E-state index contributed by atoms with van der Waals surface area (Å²) in [6.07, 6.45) is 0.441. The average Bonchev–Trinajstić information content (AvgIpc) is 2.89. The third kappa shape index (κ3) is 1.69. The largest absolute Gasteiger partial charge is 0.344 e. The van der Waals surface area contributed by atoms with Crippen LogP contribution in [0.2, 0.25) is 0 Å². The minimum Gasteiger partial charge on any atom is -0.344 e. The summed E-state index contributed by atoms with van der Waals surface area (Å²) in [6.45, 7) is 2.37. The van der Waals surface area contributed by atoms with Crippen molar-refractivity contribution in [1.29, 1.82) is 0 Å². The molecule has 2 aromatic rings. The molecule has 3 rings (SSSR count). The van der Waals surface area contributed by atoms with Gasteiger partial charge in [0.1, 0.15) is 5.82 Å². The van der Waals surface area contributed by atoms with Gasteiger partial charge in [-0.05, 0) is 24.6 Å². The van der Waals surface area contributed by atoms with Crippen molar-refractivity contribution in [3.8, 4) is 11.3 Å². The molecule has 1 aromatic heterocycles. The van der Waals surface area contributed by atoms with Crippen molar-refractivity contribution in [2.24, 2.45) is 5.73 Å². The molecule has 1 aromatic carbocycles. The highest BCUT2D eigenvalue weighted by molar-refractivity contribution is 5.99. The maximum atomic E-state index is 11.3. The van der Waals surface area contributed by atoms with Gasteiger partial charge in [-0.2, -0.15) is 0 Å². The van der Waals surface area contributed by atoms with Gasteiger partial charge in [0.2, 0.25) is 5.91 Å². The molecule has 0 fully saturated rings. The van der Waals surface area contributed by atoms with Crippen LogP contribution >= 0.6 is 0 Å². The number of carbonyl (C=O) groups is 1. The van der Waals surface area contributed by atoms with Crippen molar-refractivity contribution in [3.63, 3.8) is 0 Å². The smallest absolute Gasteiger partial charge is 0.228 e. The second-order valence-corrected chi connectivity index (χ2v) is 4.46. The van der Waals surface area contributed by atoms with Crippen molar-refractivity contribution in [2.75, 3.05) is 5.32 Å². The lowest BCUT2D eigenvalue weighted by Crippen LogP contribution is -2.03. The zero-order valence-electron chi connectivity index (χ0n) is 10.1. The van der Waals surface area contributed by atoms with Gasteiger partial charge in [-0.15, -0.1) is 0 Å². The number of hydrogen-bond acceptors (Lipinski definition) is 3. The van der Waals surface area contributed by atoms with E-state index < -0.39 is 0 Å². The Morgan fingerprint density at radius 2 is 2.28 bits per heavy atom. The van der Waals surface area contributed by atoms with E-state index >= 15 is 0 Å². The van der Waals surface area contributed by atoms with Crippen LogP contribution in [0.5, 0.6) is 0 Å². The number of nitrogens with two attached hydrogens (primary N) is 1. The highest BCUT2D eigenvalue weighted by atomic mass is 16.1. The molecule has 92 valence electrons. The predicted octanol–water partition coefficient (Wildman–Crippen LogP) is 1.34. The third-order valence-corrected chi connectivity index (χ3v) is 3.13. The molecule has 1 aliphatic heterocycles. The topological polar surface area (TPSA) is 83.8 Å². The Morgan fingerprint density at radius 1 is 1.44 bits per heavy atom. The van der Waals surface area contributed by atoms with Crippen LogP contribution in [-0.4, -0.2) is 15.9 Å². The molecule has 1 aliphatic rings. The normalized spacial score (nSPS) is 13.6. The maximum Gasteiger partial charge on any atom is 0.228 e. The summed E-state index contributed by atoms with van der Waals surface area (Å²) in [7, 11) is 0. The lowest BCUT2D eigenvalue weighted by atomic mass is 10.1. The Kier molecular flexibility index (Phi) is 2.41. The van der Waals surface area contributed by atoms with Crippen LogP contribution in [0.4, 0.5) is 5.69 Å². The Balaban J connectivity index is 2.05. The molecule has 4 N–H and O–H groups in total. The minimum absolute atomic E-state index is 0.0450. The number of aromatic amines is 1. The molecule has 1 amide bonds. The van der Waals surface area contributed by atoms with Gasteiger partial charge in [0, 0.05) is 16.9 Å².